The summed E-state index contributed by atoms with van der Waals surface area (Å²) in [6.07, 6.45) is 26.3. The standard InChI is InChI=1S/C20H43N.C4H11NO/c1-2-3-4-5-6-7-8-9-10-11-12-13-14-15-16-17-18-19-20-21;1-2-4(6)3-5/h2-21H2,1H3;4,6H,2-3,5H2,1H3. The number of nitrogens with two attached hydrogens (primary N) is 2. The normalized spacial score (nSPS) is 11.9. The van der Waals surface area contributed by atoms with Crippen molar-refractivity contribution in [1.82, 2.24) is 0 Å². The largest absolute Gasteiger partial charge is 0.392 e. The zero-order valence-corrected chi connectivity index (χ0v) is 19.0. The van der Waals surface area contributed by atoms with Gasteiger partial charge in [-0.3, -0.25) is 0 Å². The molecule has 27 heavy (non-hydrogen) atoms. The first-order chi connectivity index (χ1) is 13.2. The lowest BCUT2D eigenvalue weighted by Crippen LogP contribution is -2.17. The van der Waals surface area contributed by atoms with Crippen molar-refractivity contribution >= 4 is 0 Å². The van der Waals surface area contributed by atoms with E-state index in [4.69, 9.17) is 16.6 Å². The van der Waals surface area contributed by atoms with Crippen molar-refractivity contribution < 1.29 is 5.11 Å². The van der Waals surface area contributed by atoms with E-state index < -0.39 is 0 Å². The Morgan fingerprint density at radius 3 is 1.00 bits per heavy atom. The summed E-state index contributed by atoms with van der Waals surface area (Å²) >= 11 is 0. The third kappa shape index (κ3) is 30.8. The summed E-state index contributed by atoms with van der Waals surface area (Å²) in [5.74, 6) is 0. The molecular formula is C24H54N2O. The quantitative estimate of drug-likeness (QED) is 0.204. The Morgan fingerprint density at radius 1 is 0.519 bits per heavy atom. The number of aliphatic hydroxyl groups is 1. The van der Waals surface area contributed by atoms with E-state index in [-0.39, 0.29) is 6.10 Å². The van der Waals surface area contributed by atoms with E-state index in [1.54, 1.807) is 0 Å². The molecule has 0 aromatic rings. The predicted molar refractivity (Wildman–Crippen MR) is 123 cm³/mol. The van der Waals surface area contributed by atoms with Gasteiger partial charge in [-0.1, -0.05) is 123 Å². The molecule has 0 aromatic carbocycles. The van der Waals surface area contributed by atoms with Gasteiger partial charge in [0.1, 0.15) is 0 Å². The SMILES string of the molecule is CCC(O)CN.CCCCCCCCCCCCCCCCCCCCN. The van der Waals surface area contributed by atoms with Crippen LogP contribution in [-0.4, -0.2) is 24.3 Å². The van der Waals surface area contributed by atoms with Crippen molar-refractivity contribution in [3.8, 4) is 0 Å². The number of unbranched alkanes of at least 4 members (excludes halogenated alkanes) is 17. The molecule has 5 N–H and O–H groups in total. The van der Waals surface area contributed by atoms with Crippen molar-refractivity contribution in [3.05, 3.63) is 0 Å². The molecule has 0 fully saturated rings. The zero-order valence-electron chi connectivity index (χ0n) is 19.0. The van der Waals surface area contributed by atoms with Crippen LogP contribution in [0.1, 0.15) is 136 Å². The number of rotatable bonds is 20. The lowest BCUT2D eigenvalue weighted by atomic mass is 10.0. The van der Waals surface area contributed by atoms with Crippen molar-refractivity contribution in [2.24, 2.45) is 11.5 Å². The maximum absolute atomic E-state index is 8.54. The lowest BCUT2D eigenvalue weighted by Gasteiger charge is -2.03. The molecule has 0 aromatic heterocycles. The molecule has 0 rings (SSSR count). The second-order valence-electron chi connectivity index (χ2n) is 8.10. The second-order valence-corrected chi connectivity index (χ2v) is 8.10. The van der Waals surface area contributed by atoms with Gasteiger partial charge in [0.25, 0.3) is 0 Å². The molecule has 0 heterocycles. The van der Waals surface area contributed by atoms with E-state index in [2.05, 4.69) is 6.92 Å². The zero-order chi connectivity index (χ0) is 20.4. The summed E-state index contributed by atoms with van der Waals surface area (Å²) in [7, 11) is 0. The fourth-order valence-corrected chi connectivity index (χ4v) is 3.21. The molecule has 0 aliphatic heterocycles. The molecule has 0 aliphatic rings. The summed E-state index contributed by atoms with van der Waals surface area (Å²) in [6, 6.07) is 0. The first kappa shape index (κ1) is 29.1. The van der Waals surface area contributed by atoms with Gasteiger partial charge in [0.2, 0.25) is 0 Å². The smallest absolute Gasteiger partial charge is 0.0659 e. The highest BCUT2D eigenvalue weighted by Crippen LogP contribution is 2.14. The van der Waals surface area contributed by atoms with E-state index in [0.29, 0.717) is 6.54 Å². The lowest BCUT2D eigenvalue weighted by molar-refractivity contribution is 0.179. The molecule has 3 nitrogen and oxygen atoms in total. The maximum Gasteiger partial charge on any atom is 0.0659 e. The summed E-state index contributed by atoms with van der Waals surface area (Å²) in [6.45, 7) is 5.45. The summed E-state index contributed by atoms with van der Waals surface area (Å²) in [4.78, 5) is 0. The Kier molecular flexibility index (Phi) is 30.3. The molecule has 166 valence electrons. The Hall–Kier alpha value is -0.120. The van der Waals surface area contributed by atoms with Gasteiger partial charge < -0.3 is 16.6 Å². The first-order valence-electron chi connectivity index (χ1n) is 12.3. The van der Waals surface area contributed by atoms with Gasteiger partial charge in [0, 0.05) is 6.54 Å². The first-order valence-corrected chi connectivity index (χ1v) is 12.3. The average Bonchev–Trinajstić information content (AvgIpc) is 2.70. The van der Waals surface area contributed by atoms with Crippen LogP contribution in [0.15, 0.2) is 0 Å². The van der Waals surface area contributed by atoms with Gasteiger partial charge in [0.05, 0.1) is 6.10 Å². The van der Waals surface area contributed by atoms with Crippen molar-refractivity contribution in [2.75, 3.05) is 13.1 Å². The van der Waals surface area contributed by atoms with Crippen LogP contribution in [0.5, 0.6) is 0 Å². The van der Waals surface area contributed by atoms with E-state index in [9.17, 15) is 0 Å². The molecule has 1 atom stereocenters. The molecular weight excluding hydrogens is 332 g/mol. The van der Waals surface area contributed by atoms with E-state index in [1.807, 2.05) is 6.92 Å². The van der Waals surface area contributed by atoms with Crippen LogP contribution < -0.4 is 11.5 Å². The van der Waals surface area contributed by atoms with Crippen molar-refractivity contribution in [3.63, 3.8) is 0 Å². The fourth-order valence-electron chi connectivity index (χ4n) is 3.21. The van der Waals surface area contributed by atoms with Gasteiger partial charge in [-0.15, -0.1) is 0 Å². The Labute approximate surface area is 172 Å². The molecule has 0 radical (unpaired) electrons. The molecule has 0 saturated heterocycles. The van der Waals surface area contributed by atoms with Crippen molar-refractivity contribution in [1.29, 1.82) is 0 Å². The van der Waals surface area contributed by atoms with Gasteiger partial charge in [-0.2, -0.15) is 0 Å². The van der Waals surface area contributed by atoms with Crippen LogP contribution >= 0.6 is 0 Å². The van der Waals surface area contributed by atoms with E-state index in [0.717, 1.165) is 13.0 Å². The summed E-state index contributed by atoms with van der Waals surface area (Å²) in [5, 5.41) is 8.54. The second kappa shape index (κ2) is 28.1. The minimum Gasteiger partial charge on any atom is -0.392 e. The molecule has 0 saturated carbocycles. The highest BCUT2D eigenvalue weighted by atomic mass is 16.3. The summed E-state index contributed by atoms with van der Waals surface area (Å²) < 4.78 is 0. The predicted octanol–water partition coefficient (Wildman–Crippen LogP) is 6.70. The van der Waals surface area contributed by atoms with Crippen LogP contribution in [0.3, 0.4) is 0 Å². The maximum atomic E-state index is 8.54. The molecule has 1 unspecified atom stereocenters. The van der Waals surface area contributed by atoms with Crippen LogP contribution in [0, 0.1) is 0 Å². The van der Waals surface area contributed by atoms with Gasteiger partial charge >= 0.3 is 0 Å². The Morgan fingerprint density at radius 2 is 0.815 bits per heavy atom. The monoisotopic (exact) mass is 386 g/mol. The van der Waals surface area contributed by atoms with Gasteiger partial charge in [-0.05, 0) is 19.4 Å². The molecule has 3 heteroatoms. The topological polar surface area (TPSA) is 72.3 Å². The number of hydrogen-bond acceptors (Lipinski definition) is 3. The van der Waals surface area contributed by atoms with Crippen LogP contribution in [0.2, 0.25) is 0 Å². The van der Waals surface area contributed by atoms with E-state index >= 15 is 0 Å². The highest BCUT2D eigenvalue weighted by molar-refractivity contribution is 4.50. The minimum absolute atomic E-state index is 0.287. The Bertz CT molecular complexity index is 214. The van der Waals surface area contributed by atoms with Crippen LogP contribution in [0.4, 0.5) is 0 Å². The Balaban J connectivity index is 0. The molecule has 0 amide bonds. The van der Waals surface area contributed by atoms with Crippen molar-refractivity contribution in [2.45, 2.75) is 142 Å². The fraction of sp³-hybridized carbons (Fsp3) is 1.00. The minimum atomic E-state index is -0.287. The molecule has 0 aliphatic carbocycles. The van der Waals surface area contributed by atoms with E-state index in [1.165, 1.54) is 116 Å². The third-order valence-corrected chi connectivity index (χ3v) is 5.30. The van der Waals surface area contributed by atoms with Gasteiger partial charge in [-0.25, -0.2) is 0 Å². The molecule has 0 bridgehead atoms. The highest BCUT2D eigenvalue weighted by Gasteiger charge is 1.94. The third-order valence-electron chi connectivity index (χ3n) is 5.30. The van der Waals surface area contributed by atoms with Crippen LogP contribution in [-0.2, 0) is 0 Å². The molecule has 0 spiro atoms. The average molecular weight is 387 g/mol. The van der Waals surface area contributed by atoms with Crippen LogP contribution in [0.25, 0.3) is 0 Å². The number of aliphatic hydroxyl groups excluding tert-OH is 1. The van der Waals surface area contributed by atoms with Gasteiger partial charge in [0.15, 0.2) is 0 Å². The number of hydrogen-bond donors (Lipinski definition) is 3. The summed E-state index contributed by atoms with van der Waals surface area (Å²) in [5.41, 5.74) is 10.5.